The van der Waals surface area contributed by atoms with Gasteiger partial charge in [-0.1, -0.05) is 69.2 Å². The number of hydroxylamine groups is 4. The van der Waals surface area contributed by atoms with Crippen molar-refractivity contribution in [3.05, 3.63) is 0 Å². The van der Waals surface area contributed by atoms with E-state index in [9.17, 15) is 69.5 Å². The van der Waals surface area contributed by atoms with Gasteiger partial charge < -0.3 is 0 Å². The predicted octanol–water partition coefficient (Wildman–Crippen LogP) is 4.87. The van der Waals surface area contributed by atoms with E-state index >= 15 is 0 Å². The van der Waals surface area contributed by atoms with Crippen molar-refractivity contribution in [1.82, 2.24) is 19.9 Å². The van der Waals surface area contributed by atoms with Crippen molar-refractivity contribution in [3.8, 4) is 0 Å². The quantitative estimate of drug-likeness (QED) is 0.202. The molecule has 21 heteroatoms. The molecule has 6 fully saturated rings. The van der Waals surface area contributed by atoms with Crippen LogP contribution in [0.2, 0.25) is 0 Å². The molecule has 0 radical (unpaired) electrons. The van der Waals surface area contributed by atoms with Gasteiger partial charge in [-0.2, -0.15) is 28.2 Å². The SMILES string of the molecule is CC1C(=O)N(C(F)(F)F)C(=O)C1C.CC1C(=O)N(C)C(=O)C1C.CC1C(=O)N(OCC(F)(F)F)C(=O)C1C.CC1C(=O)N(OCCC23CCC(CC2=O)C3(C)C)C(=O)C1C. The van der Waals surface area contributed by atoms with Gasteiger partial charge in [0.1, 0.15) is 5.78 Å². The van der Waals surface area contributed by atoms with Gasteiger partial charge in [0.25, 0.3) is 23.6 Å². The van der Waals surface area contributed by atoms with Crippen molar-refractivity contribution in [3.63, 3.8) is 0 Å². The maximum Gasteiger partial charge on any atom is 0.493 e. The van der Waals surface area contributed by atoms with E-state index in [1.807, 2.05) is 0 Å². The van der Waals surface area contributed by atoms with Gasteiger partial charge in [0.05, 0.1) is 6.61 Å². The van der Waals surface area contributed by atoms with E-state index < -0.39 is 71.3 Å². The lowest BCUT2D eigenvalue weighted by Gasteiger charge is -2.36. The molecule has 2 bridgehead atoms. The van der Waals surface area contributed by atoms with Crippen LogP contribution in [0.1, 0.15) is 94.9 Å². The number of amides is 8. The Labute approximate surface area is 343 Å². The summed E-state index contributed by atoms with van der Waals surface area (Å²) in [5.74, 6) is -7.56. The normalized spacial score (nSPS) is 33.8. The Bertz CT molecular complexity index is 1690. The molecule has 8 amide bonds. The molecule has 6 aliphatic rings. The van der Waals surface area contributed by atoms with Gasteiger partial charge >= 0.3 is 12.5 Å². The minimum atomic E-state index is -4.88. The van der Waals surface area contributed by atoms with E-state index in [0.29, 0.717) is 24.5 Å². The zero-order valence-electron chi connectivity index (χ0n) is 35.5. The number of hydrogen-bond acceptors (Lipinski definition) is 11. The Hall–Kier alpha value is -4.27. The van der Waals surface area contributed by atoms with Crippen molar-refractivity contribution in [2.24, 2.45) is 64.1 Å². The number of imide groups is 4. The highest BCUT2D eigenvalue weighted by Crippen LogP contribution is 2.65. The smallest absolute Gasteiger partial charge is 0.299 e. The third kappa shape index (κ3) is 9.45. The number of nitrogens with zero attached hydrogens (tertiary/aromatic N) is 4. The molecule has 0 spiro atoms. The van der Waals surface area contributed by atoms with Gasteiger partial charge in [-0.3, -0.25) is 57.7 Å². The monoisotopic (exact) mass is 868 g/mol. The summed E-state index contributed by atoms with van der Waals surface area (Å²) >= 11 is 0. The number of carbonyl (C=O) groups excluding carboxylic acids is 9. The number of carbonyl (C=O) groups is 9. The molecule has 2 saturated carbocycles. The summed E-state index contributed by atoms with van der Waals surface area (Å²) in [7, 11) is 1.53. The van der Waals surface area contributed by atoms with E-state index in [1.165, 1.54) is 39.6 Å². The van der Waals surface area contributed by atoms with Crippen molar-refractivity contribution in [2.45, 2.75) is 107 Å². The van der Waals surface area contributed by atoms with Crippen LogP contribution in [-0.4, -0.2) is 106 Å². The molecule has 6 rings (SSSR count). The molecule has 15 nitrogen and oxygen atoms in total. The third-order valence-corrected chi connectivity index (χ3v) is 13.5. The van der Waals surface area contributed by atoms with Gasteiger partial charge in [-0.05, 0) is 30.6 Å². The largest absolute Gasteiger partial charge is 0.493 e. The molecule has 0 aromatic heterocycles. The van der Waals surface area contributed by atoms with Gasteiger partial charge in [0.2, 0.25) is 23.6 Å². The van der Waals surface area contributed by atoms with E-state index in [4.69, 9.17) is 4.84 Å². The Morgan fingerprint density at radius 1 is 0.567 bits per heavy atom. The van der Waals surface area contributed by atoms with Gasteiger partial charge in [-0.15, -0.1) is 13.2 Å². The minimum Gasteiger partial charge on any atom is -0.299 e. The molecule has 60 heavy (non-hydrogen) atoms. The van der Waals surface area contributed by atoms with Crippen LogP contribution in [0, 0.1) is 64.1 Å². The summed E-state index contributed by atoms with van der Waals surface area (Å²) in [6.45, 7) is 15.6. The fourth-order valence-electron chi connectivity index (χ4n) is 8.21. The molecule has 338 valence electrons. The molecule has 4 aliphatic heterocycles. The number of Topliss-reactive ketones (excluding diaryl/α,β-unsaturated/α-hetero) is 1. The van der Waals surface area contributed by atoms with Crippen molar-refractivity contribution in [1.29, 1.82) is 0 Å². The van der Waals surface area contributed by atoms with Gasteiger partial charge in [0, 0.05) is 66.2 Å². The summed E-state index contributed by atoms with van der Waals surface area (Å²) in [6, 6.07) is 0. The van der Waals surface area contributed by atoms with E-state index in [1.54, 1.807) is 27.7 Å². The van der Waals surface area contributed by atoms with Crippen LogP contribution in [0.5, 0.6) is 0 Å². The standard InChI is InChI=1S/C17H25NO4.C8H10F3NO3.C7H8F3NO2.C7H11NO2/c1-10-11(2)15(21)18(14(10)20)22-8-7-17-6-5-12(9-13(17)19)16(17,3)4;1-4-5(2)7(14)12(6(4)13)15-3-8(9,10)11;1-3-4(2)6(13)11(5(3)12)7(8,9)10;1-4-5(2)7(10)8(3)6(4)9/h10-12H,5-9H2,1-4H3;4-5H,3H2,1-2H3;3-4H,1-2H3;4-5H,1-3H3. The lowest BCUT2D eigenvalue weighted by Crippen LogP contribution is -2.42. The Morgan fingerprint density at radius 3 is 1.18 bits per heavy atom. The van der Waals surface area contributed by atoms with Crippen molar-refractivity contribution >= 4 is 53.0 Å². The lowest BCUT2D eigenvalue weighted by molar-refractivity contribution is -0.240. The number of halogens is 6. The topological polar surface area (TPSA) is 185 Å². The second-order valence-electron chi connectivity index (χ2n) is 17.1. The molecule has 4 heterocycles. The second kappa shape index (κ2) is 18.0. The molecule has 10 unspecified atom stereocenters. The zero-order valence-corrected chi connectivity index (χ0v) is 35.5. The molecule has 0 aromatic carbocycles. The fourth-order valence-corrected chi connectivity index (χ4v) is 8.21. The minimum absolute atomic E-state index is 0.00689. The average Bonchev–Trinajstić information content (AvgIpc) is 3.79. The zero-order chi connectivity index (χ0) is 46.4. The number of likely N-dealkylation sites (tertiary alicyclic amines) is 2. The summed E-state index contributed by atoms with van der Waals surface area (Å²) in [6.07, 6.45) is -6.18. The van der Waals surface area contributed by atoms with E-state index in [0.717, 1.165) is 17.9 Å². The molecule has 0 N–H and O–H groups in total. The van der Waals surface area contributed by atoms with Crippen LogP contribution < -0.4 is 0 Å². The lowest BCUT2D eigenvalue weighted by atomic mass is 9.67. The van der Waals surface area contributed by atoms with Crippen LogP contribution in [0.15, 0.2) is 0 Å². The number of rotatable bonds is 6. The first-order valence-corrected chi connectivity index (χ1v) is 19.7. The maximum atomic E-state index is 12.4. The number of ketones is 1. The van der Waals surface area contributed by atoms with Crippen LogP contribution >= 0.6 is 0 Å². The second-order valence-corrected chi connectivity index (χ2v) is 17.1. The van der Waals surface area contributed by atoms with Crippen molar-refractivity contribution in [2.75, 3.05) is 20.3 Å². The number of hydrogen-bond donors (Lipinski definition) is 0. The predicted molar refractivity (Wildman–Crippen MR) is 194 cm³/mol. The molecule has 10 atom stereocenters. The van der Waals surface area contributed by atoms with Crippen molar-refractivity contribution < 1.29 is 79.2 Å². The van der Waals surface area contributed by atoms with E-state index in [-0.39, 0.29) is 69.8 Å². The summed E-state index contributed by atoms with van der Waals surface area (Å²) in [5, 5.41) is 1.13. The van der Waals surface area contributed by atoms with Gasteiger partial charge in [-0.25, -0.2) is 0 Å². The summed E-state index contributed by atoms with van der Waals surface area (Å²) < 4.78 is 71.6. The Kier molecular flexibility index (Phi) is 15.0. The maximum absolute atomic E-state index is 12.4. The Balaban J connectivity index is 0.000000223. The molecular weight excluding hydrogens is 814 g/mol. The highest BCUT2D eigenvalue weighted by Gasteiger charge is 2.63. The Morgan fingerprint density at radius 2 is 0.917 bits per heavy atom. The highest BCUT2D eigenvalue weighted by atomic mass is 19.4. The van der Waals surface area contributed by atoms with Gasteiger partial charge in [0.15, 0.2) is 6.61 Å². The van der Waals surface area contributed by atoms with Crippen LogP contribution in [-0.2, 0) is 52.8 Å². The number of fused-ring (bicyclic) bond motifs is 2. The molecular formula is C39H54F6N4O11. The first-order chi connectivity index (χ1) is 27.3. The van der Waals surface area contributed by atoms with Crippen LogP contribution in [0.25, 0.3) is 0 Å². The summed E-state index contributed by atoms with van der Waals surface area (Å²) in [4.78, 5) is 113. The first kappa shape index (κ1) is 50.1. The molecule has 2 aliphatic carbocycles. The highest BCUT2D eigenvalue weighted by molar-refractivity contribution is 6.06. The first-order valence-electron chi connectivity index (χ1n) is 19.7. The van der Waals surface area contributed by atoms with Crippen LogP contribution in [0.3, 0.4) is 0 Å². The third-order valence-electron chi connectivity index (χ3n) is 13.5. The number of alkyl halides is 6. The average molecular weight is 869 g/mol. The molecule has 0 aromatic rings. The fraction of sp³-hybridized carbons (Fsp3) is 0.769. The van der Waals surface area contributed by atoms with Crippen LogP contribution in [0.4, 0.5) is 26.3 Å². The van der Waals surface area contributed by atoms with E-state index in [2.05, 4.69) is 18.7 Å². The molecule has 4 saturated heterocycles. The summed E-state index contributed by atoms with van der Waals surface area (Å²) in [5.41, 5.74) is -0.340.